The number of fused-ring (bicyclic) bond motifs is 2. The number of aryl methyl sites for hydroxylation is 1. The highest BCUT2D eigenvalue weighted by Crippen LogP contribution is 2.45. The van der Waals surface area contributed by atoms with Crippen molar-refractivity contribution in [2.24, 2.45) is 5.92 Å². The minimum Gasteiger partial charge on any atom is -0.397 e. The average Bonchev–Trinajstić information content (AvgIpc) is 3.57. The monoisotopic (exact) mass is 612 g/mol. The predicted molar refractivity (Wildman–Crippen MR) is 164 cm³/mol. The van der Waals surface area contributed by atoms with E-state index in [0.717, 1.165) is 24.8 Å². The molecule has 2 aromatic heterocycles. The molecule has 2 saturated heterocycles. The summed E-state index contributed by atoms with van der Waals surface area (Å²) < 4.78 is 21.3. The molecule has 0 spiro atoms. The number of nitrogens with zero attached hydrogens (tertiary/aromatic N) is 5. The van der Waals surface area contributed by atoms with Gasteiger partial charge in [0.25, 0.3) is 0 Å². The molecule has 1 amide bonds. The van der Waals surface area contributed by atoms with Gasteiger partial charge in [-0.2, -0.15) is 0 Å². The molecule has 13 heteroatoms. The van der Waals surface area contributed by atoms with Crippen LogP contribution in [0.3, 0.4) is 0 Å². The Morgan fingerprint density at radius 1 is 1.19 bits per heavy atom. The molecule has 5 N–H and O–H groups in total. The van der Waals surface area contributed by atoms with E-state index >= 15 is 0 Å². The number of rotatable bonds is 9. The van der Waals surface area contributed by atoms with Crippen molar-refractivity contribution < 1.29 is 19.0 Å². The number of halogens is 1. The number of carbonyl (C=O) groups excluding carboxylic acids is 1. The second-order valence-corrected chi connectivity index (χ2v) is 13.2. The molecule has 1 aliphatic carbocycles. The van der Waals surface area contributed by atoms with Crippen LogP contribution in [0.2, 0.25) is 5.02 Å². The maximum absolute atomic E-state index is 12.7. The first-order valence-corrected chi connectivity index (χ1v) is 15.3. The Bertz CT molecular complexity index is 1510. The molecule has 0 unspecified atom stereocenters. The van der Waals surface area contributed by atoms with Gasteiger partial charge in [-0.25, -0.2) is 15.0 Å². The lowest BCUT2D eigenvalue weighted by molar-refractivity contribution is -0.199. The summed E-state index contributed by atoms with van der Waals surface area (Å²) in [5.74, 6) is 0.0407. The van der Waals surface area contributed by atoms with Crippen molar-refractivity contribution in [2.45, 2.75) is 103 Å². The standard InChI is InChI=1S/C30H41ClN8O4/c1-15(2)38(18-9-17(10-18)6-7-23(40)37-21-8-16(3)19(31)11-20(21)32)12-22-25-26(43-30(4,5)42-25)29(41-22)39-14-36-24-27(33)34-13-35-28(24)39/h8,11,13-15,17-18,22,25-26,29H,6-7,9-10,12,32H2,1-5H3,(H,37,40)(H2,33,34,35)/t17?,18?,22-,25-,26-,29-/m1/s1. The third-order valence-electron chi connectivity index (χ3n) is 8.90. The summed E-state index contributed by atoms with van der Waals surface area (Å²) in [5.41, 5.74) is 15.2. The number of hydrogen-bond donors (Lipinski definition) is 3. The van der Waals surface area contributed by atoms with Crippen molar-refractivity contribution in [3.8, 4) is 0 Å². The van der Waals surface area contributed by atoms with Gasteiger partial charge < -0.3 is 31.0 Å². The molecule has 3 aliphatic rings. The number of carbonyl (C=O) groups is 1. The number of imidazole rings is 1. The molecule has 6 rings (SSSR count). The first kappa shape index (κ1) is 30.0. The largest absolute Gasteiger partial charge is 0.397 e. The quantitative estimate of drug-likeness (QED) is 0.298. The van der Waals surface area contributed by atoms with E-state index in [1.807, 2.05) is 31.4 Å². The molecule has 3 aromatic rings. The lowest BCUT2D eigenvalue weighted by atomic mass is 9.76. The van der Waals surface area contributed by atoms with Crippen LogP contribution in [0.15, 0.2) is 24.8 Å². The molecule has 4 atom stereocenters. The Kier molecular flexibility index (Phi) is 8.01. The normalized spacial score (nSPS) is 28.0. The van der Waals surface area contributed by atoms with Crippen LogP contribution in [0.5, 0.6) is 0 Å². The molecular weight excluding hydrogens is 572 g/mol. The summed E-state index contributed by atoms with van der Waals surface area (Å²) in [6.45, 7) is 10.9. The highest BCUT2D eigenvalue weighted by molar-refractivity contribution is 6.31. The van der Waals surface area contributed by atoms with Crippen LogP contribution >= 0.6 is 11.6 Å². The van der Waals surface area contributed by atoms with Crippen LogP contribution in [0.25, 0.3) is 11.2 Å². The van der Waals surface area contributed by atoms with Gasteiger partial charge in [0.15, 0.2) is 23.5 Å². The van der Waals surface area contributed by atoms with Gasteiger partial charge in [0.2, 0.25) is 5.91 Å². The smallest absolute Gasteiger partial charge is 0.224 e. The summed E-state index contributed by atoms with van der Waals surface area (Å²) in [6.07, 6.45) is 5.21. The van der Waals surface area contributed by atoms with E-state index in [0.29, 0.717) is 64.3 Å². The number of nitrogens with one attached hydrogen (secondary N) is 1. The van der Waals surface area contributed by atoms with Gasteiger partial charge in [-0.1, -0.05) is 11.6 Å². The number of hydrogen-bond acceptors (Lipinski definition) is 10. The van der Waals surface area contributed by atoms with E-state index in [-0.39, 0.29) is 24.2 Å². The SMILES string of the molecule is Cc1cc(NC(=O)CCC2CC(N(C[C@H]3O[C@@H](n4cnc5c(N)ncnc54)[C@@H]4OC(C)(C)O[C@@H]43)C(C)C)C2)c(N)cc1Cl. The fourth-order valence-electron chi connectivity index (χ4n) is 6.64. The maximum atomic E-state index is 12.7. The van der Waals surface area contributed by atoms with E-state index < -0.39 is 12.0 Å². The molecule has 3 fully saturated rings. The first-order chi connectivity index (χ1) is 20.4. The van der Waals surface area contributed by atoms with Gasteiger partial charge >= 0.3 is 0 Å². The van der Waals surface area contributed by atoms with Gasteiger partial charge in [-0.15, -0.1) is 0 Å². The number of anilines is 3. The maximum Gasteiger partial charge on any atom is 0.224 e. The lowest BCUT2D eigenvalue weighted by Gasteiger charge is -2.46. The summed E-state index contributed by atoms with van der Waals surface area (Å²) in [7, 11) is 0. The van der Waals surface area contributed by atoms with Gasteiger partial charge in [0.1, 0.15) is 30.2 Å². The van der Waals surface area contributed by atoms with Crippen LogP contribution < -0.4 is 16.8 Å². The predicted octanol–water partition coefficient (Wildman–Crippen LogP) is 4.28. The zero-order valence-corrected chi connectivity index (χ0v) is 26.0. The molecule has 43 heavy (non-hydrogen) atoms. The summed E-state index contributed by atoms with van der Waals surface area (Å²) >= 11 is 6.13. The fraction of sp³-hybridized carbons (Fsp3) is 0.600. The van der Waals surface area contributed by atoms with Crippen molar-refractivity contribution in [2.75, 3.05) is 23.3 Å². The molecule has 1 aromatic carbocycles. The molecule has 2 aliphatic heterocycles. The fourth-order valence-corrected chi connectivity index (χ4v) is 6.81. The zero-order chi connectivity index (χ0) is 30.6. The zero-order valence-electron chi connectivity index (χ0n) is 25.3. The summed E-state index contributed by atoms with van der Waals surface area (Å²) in [4.78, 5) is 28.1. The molecule has 4 heterocycles. The highest BCUT2D eigenvalue weighted by atomic mass is 35.5. The Morgan fingerprint density at radius 3 is 2.67 bits per heavy atom. The van der Waals surface area contributed by atoms with Gasteiger partial charge in [-0.3, -0.25) is 14.3 Å². The molecule has 1 saturated carbocycles. The van der Waals surface area contributed by atoms with E-state index in [1.54, 1.807) is 12.4 Å². The number of amides is 1. The van der Waals surface area contributed by atoms with Crippen LogP contribution in [0.1, 0.15) is 65.2 Å². The number of nitrogen functional groups attached to an aromatic ring is 2. The first-order valence-electron chi connectivity index (χ1n) is 15.0. The minimum absolute atomic E-state index is 0.0333. The molecule has 12 nitrogen and oxygen atoms in total. The molecular formula is C30H41ClN8O4. The molecule has 232 valence electrons. The van der Waals surface area contributed by atoms with E-state index in [2.05, 4.69) is 39.0 Å². The third kappa shape index (κ3) is 5.91. The van der Waals surface area contributed by atoms with Gasteiger partial charge in [0, 0.05) is 30.1 Å². The topological polar surface area (TPSA) is 156 Å². The van der Waals surface area contributed by atoms with E-state index in [1.165, 1.54) is 6.33 Å². The van der Waals surface area contributed by atoms with Crippen molar-refractivity contribution in [1.82, 2.24) is 24.4 Å². The number of benzene rings is 1. The number of ether oxygens (including phenoxy) is 3. The Morgan fingerprint density at radius 2 is 1.93 bits per heavy atom. The average molecular weight is 613 g/mol. The molecule has 0 bridgehead atoms. The van der Waals surface area contributed by atoms with Crippen LogP contribution in [0.4, 0.5) is 17.2 Å². The van der Waals surface area contributed by atoms with Crippen LogP contribution in [0, 0.1) is 12.8 Å². The second kappa shape index (κ2) is 11.5. The van der Waals surface area contributed by atoms with E-state index in [9.17, 15) is 4.79 Å². The van der Waals surface area contributed by atoms with Crippen molar-refractivity contribution >= 4 is 45.9 Å². The van der Waals surface area contributed by atoms with Gasteiger partial charge in [0.05, 0.1) is 17.7 Å². The van der Waals surface area contributed by atoms with Crippen molar-refractivity contribution in [3.05, 3.63) is 35.4 Å². The second-order valence-electron chi connectivity index (χ2n) is 12.8. The number of nitrogens with two attached hydrogens (primary N) is 2. The van der Waals surface area contributed by atoms with Crippen molar-refractivity contribution in [1.29, 1.82) is 0 Å². The molecule has 0 radical (unpaired) electrons. The van der Waals surface area contributed by atoms with E-state index in [4.69, 9.17) is 37.3 Å². The number of aromatic nitrogens is 4. The highest BCUT2D eigenvalue weighted by Gasteiger charge is 2.57. The summed E-state index contributed by atoms with van der Waals surface area (Å²) in [6, 6.07) is 4.20. The lowest BCUT2D eigenvalue weighted by Crippen LogP contribution is -2.52. The van der Waals surface area contributed by atoms with Crippen LogP contribution in [-0.4, -0.2) is 73.1 Å². The van der Waals surface area contributed by atoms with Gasteiger partial charge in [-0.05, 0) is 77.5 Å². The van der Waals surface area contributed by atoms with Crippen molar-refractivity contribution in [3.63, 3.8) is 0 Å². The Balaban J connectivity index is 1.08. The minimum atomic E-state index is -0.736. The summed E-state index contributed by atoms with van der Waals surface area (Å²) in [5, 5.41) is 3.53. The Labute approximate surface area is 256 Å². The third-order valence-corrected chi connectivity index (χ3v) is 9.31. The Hall–Kier alpha value is -3.03. The van der Waals surface area contributed by atoms with Crippen LogP contribution in [-0.2, 0) is 19.0 Å².